The second-order valence-corrected chi connectivity index (χ2v) is 7.12. The predicted octanol–water partition coefficient (Wildman–Crippen LogP) is 3.13. The highest BCUT2D eigenvalue weighted by Crippen LogP contribution is 2.40. The van der Waals surface area contributed by atoms with Gasteiger partial charge in [-0.15, -0.1) is 0 Å². The highest BCUT2D eigenvalue weighted by molar-refractivity contribution is 6.30. The van der Waals surface area contributed by atoms with Gasteiger partial charge in [-0.3, -0.25) is 0 Å². The zero-order chi connectivity index (χ0) is 17.4. The fraction of sp³-hybridized carbons (Fsp3) is 0.444. The van der Waals surface area contributed by atoms with Crippen molar-refractivity contribution < 1.29 is 9.53 Å². The molecule has 7 heteroatoms. The maximum absolute atomic E-state index is 12.9. The number of hydrogen-bond donors (Lipinski definition) is 1. The van der Waals surface area contributed by atoms with E-state index in [2.05, 4.69) is 10.3 Å². The highest BCUT2D eigenvalue weighted by atomic mass is 35.5. The first-order valence-corrected chi connectivity index (χ1v) is 8.93. The van der Waals surface area contributed by atoms with Gasteiger partial charge in [0, 0.05) is 30.0 Å². The Bertz CT molecular complexity index is 787. The molecular weight excluding hydrogens is 340 g/mol. The standard InChI is InChI=1S/C18H21ClN4O2/c1-22-7-6-20-17(22)16(12-2-3-12)21-18(24)23-8-9-25-15-5-4-14(19)10-13(15)11-23/h4-7,10,12,16H,2-3,8-9,11H2,1H3,(H,21,24). The van der Waals surface area contributed by atoms with Crippen molar-refractivity contribution >= 4 is 17.6 Å². The number of carbonyl (C=O) groups excluding carboxylic acids is 1. The Morgan fingerprint density at radius 3 is 3.00 bits per heavy atom. The van der Waals surface area contributed by atoms with Crippen LogP contribution in [0.1, 0.15) is 30.3 Å². The van der Waals surface area contributed by atoms with Crippen LogP contribution in [0.25, 0.3) is 0 Å². The Morgan fingerprint density at radius 2 is 2.28 bits per heavy atom. The van der Waals surface area contributed by atoms with Gasteiger partial charge in [-0.05, 0) is 37.0 Å². The highest BCUT2D eigenvalue weighted by Gasteiger charge is 2.36. The van der Waals surface area contributed by atoms with Gasteiger partial charge >= 0.3 is 6.03 Å². The van der Waals surface area contributed by atoms with Crippen LogP contribution in [0.3, 0.4) is 0 Å². The molecule has 0 spiro atoms. The maximum Gasteiger partial charge on any atom is 0.318 e. The molecule has 0 bridgehead atoms. The third-order valence-corrected chi connectivity index (χ3v) is 5.03. The number of ether oxygens (including phenoxy) is 1. The number of amides is 2. The molecule has 2 aromatic rings. The molecule has 1 aromatic carbocycles. The number of halogens is 1. The van der Waals surface area contributed by atoms with E-state index >= 15 is 0 Å². The first-order valence-electron chi connectivity index (χ1n) is 8.55. The number of rotatable bonds is 3. The number of imidazole rings is 1. The molecule has 1 aliphatic carbocycles. The van der Waals surface area contributed by atoms with Gasteiger partial charge in [0.2, 0.25) is 0 Å². The van der Waals surface area contributed by atoms with Crippen LogP contribution in [-0.4, -0.2) is 33.6 Å². The molecule has 1 atom stereocenters. The van der Waals surface area contributed by atoms with Gasteiger partial charge in [-0.1, -0.05) is 11.6 Å². The minimum absolute atomic E-state index is 0.0458. The zero-order valence-corrected chi connectivity index (χ0v) is 14.9. The number of fused-ring (bicyclic) bond motifs is 1. The summed E-state index contributed by atoms with van der Waals surface area (Å²) in [6, 6.07) is 5.40. The van der Waals surface area contributed by atoms with Crippen molar-refractivity contribution in [3.63, 3.8) is 0 Å². The lowest BCUT2D eigenvalue weighted by Gasteiger charge is -2.25. The van der Waals surface area contributed by atoms with Crippen LogP contribution in [-0.2, 0) is 13.6 Å². The van der Waals surface area contributed by atoms with Crippen molar-refractivity contribution in [3.05, 3.63) is 47.0 Å². The van der Waals surface area contributed by atoms with E-state index in [-0.39, 0.29) is 12.1 Å². The Hall–Kier alpha value is -2.21. The molecule has 0 saturated heterocycles. The summed E-state index contributed by atoms with van der Waals surface area (Å²) in [6.45, 7) is 1.49. The largest absolute Gasteiger partial charge is 0.491 e. The molecule has 1 fully saturated rings. The molecule has 2 heterocycles. The lowest BCUT2D eigenvalue weighted by atomic mass is 10.1. The van der Waals surface area contributed by atoms with Crippen LogP contribution in [0.15, 0.2) is 30.6 Å². The fourth-order valence-electron chi connectivity index (χ4n) is 3.26. The minimum atomic E-state index is -0.0867. The zero-order valence-electron chi connectivity index (χ0n) is 14.1. The van der Waals surface area contributed by atoms with Crippen LogP contribution >= 0.6 is 11.6 Å². The van der Waals surface area contributed by atoms with Gasteiger partial charge < -0.3 is 19.5 Å². The molecular formula is C18H21ClN4O2. The Morgan fingerprint density at radius 1 is 1.44 bits per heavy atom. The summed E-state index contributed by atoms with van der Waals surface area (Å²) >= 11 is 6.09. The van der Waals surface area contributed by atoms with Gasteiger partial charge in [-0.2, -0.15) is 0 Å². The molecule has 2 amide bonds. The third kappa shape index (κ3) is 3.44. The number of carbonyl (C=O) groups is 1. The van der Waals surface area contributed by atoms with Gasteiger partial charge in [0.25, 0.3) is 0 Å². The van der Waals surface area contributed by atoms with E-state index in [4.69, 9.17) is 16.3 Å². The number of aryl methyl sites for hydroxylation is 1. The van der Waals surface area contributed by atoms with E-state index in [9.17, 15) is 4.79 Å². The first-order chi connectivity index (χ1) is 12.1. The maximum atomic E-state index is 12.9. The predicted molar refractivity (Wildman–Crippen MR) is 94.6 cm³/mol. The molecule has 1 saturated carbocycles. The fourth-order valence-corrected chi connectivity index (χ4v) is 3.45. The molecule has 4 rings (SSSR count). The SMILES string of the molecule is Cn1ccnc1C(NC(=O)N1CCOc2ccc(Cl)cc2C1)C1CC1. The van der Waals surface area contributed by atoms with Crippen LogP contribution < -0.4 is 10.1 Å². The van der Waals surface area contributed by atoms with Crippen molar-refractivity contribution in [1.29, 1.82) is 0 Å². The van der Waals surface area contributed by atoms with Crippen molar-refractivity contribution in [1.82, 2.24) is 19.8 Å². The average molecular weight is 361 g/mol. The minimum Gasteiger partial charge on any atom is -0.491 e. The van der Waals surface area contributed by atoms with E-state index in [0.29, 0.717) is 30.6 Å². The van der Waals surface area contributed by atoms with E-state index in [1.54, 1.807) is 17.2 Å². The van der Waals surface area contributed by atoms with E-state index in [0.717, 1.165) is 30.0 Å². The lowest BCUT2D eigenvalue weighted by molar-refractivity contribution is 0.181. The van der Waals surface area contributed by atoms with Gasteiger partial charge in [0.1, 0.15) is 18.2 Å². The van der Waals surface area contributed by atoms with Crippen LogP contribution in [0.4, 0.5) is 4.79 Å². The molecule has 2 aliphatic rings. The molecule has 6 nitrogen and oxygen atoms in total. The normalized spacial score (nSPS) is 18.1. The number of nitrogens with zero attached hydrogens (tertiary/aromatic N) is 3. The quantitative estimate of drug-likeness (QED) is 0.914. The molecule has 132 valence electrons. The number of nitrogens with one attached hydrogen (secondary N) is 1. The summed E-state index contributed by atoms with van der Waals surface area (Å²) in [6.07, 6.45) is 5.93. The van der Waals surface area contributed by atoms with E-state index in [1.165, 1.54) is 0 Å². The number of aromatic nitrogens is 2. The summed E-state index contributed by atoms with van der Waals surface area (Å²) < 4.78 is 7.72. The Balaban J connectivity index is 1.51. The molecule has 1 N–H and O–H groups in total. The van der Waals surface area contributed by atoms with Gasteiger partial charge in [0.05, 0.1) is 19.1 Å². The summed E-state index contributed by atoms with van der Waals surface area (Å²) in [7, 11) is 1.96. The topological polar surface area (TPSA) is 59.4 Å². The van der Waals surface area contributed by atoms with Crippen molar-refractivity contribution in [2.45, 2.75) is 25.4 Å². The molecule has 1 aromatic heterocycles. The van der Waals surface area contributed by atoms with Gasteiger partial charge in [0.15, 0.2) is 0 Å². The smallest absolute Gasteiger partial charge is 0.318 e. The number of hydrogen-bond acceptors (Lipinski definition) is 3. The summed E-state index contributed by atoms with van der Waals surface area (Å²) in [5.74, 6) is 2.17. The van der Waals surface area contributed by atoms with E-state index in [1.807, 2.05) is 29.9 Å². The lowest BCUT2D eigenvalue weighted by Crippen LogP contribution is -2.43. The van der Waals surface area contributed by atoms with E-state index < -0.39 is 0 Å². The first kappa shape index (κ1) is 16.3. The van der Waals surface area contributed by atoms with Crippen molar-refractivity contribution in [2.75, 3.05) is 13.2 Å². The number of benzene rings is 1. The molecule has 1 aliphatic heterocycles. The molecule has 0 radical (unpaired) electrons. The second-order valence-electron chi connectivity index (χ2n) is 6.68. The second kappa shape index (κ2) is 6.59. The van der Waals surface area contributed by atoms with Crippen molar-refractivity contribution in [3.8, 4) is 5.75 Å². The Labute approximate surface area is 151 Å². The summed E-state index contributed by atoms with van der Waals surface area (Å²) in [4.78, 5) is 19.1. The summed E-state index contributed by atoms with van der Waals surface area (Å²) in [5.41, 5.74) is 0.931. The van der Waals surface area contributed by atoms with Crippen LogP contribution in [0.5, 0.6) is 5.75 Å². The Kier molecular flexibility index (Phi) is 4.29. The third-order valence-electron chi connectivity index (χ3n) is 4.80. The van der Waals surface area contributed by atoms with Crippen molar-refractivity contribution in [2.24, 2.45) is 13.0 Å². The number of urea groups is 1. The molecule has 1 unspecified atom stereocenters. The summed E-state index contributed by atoms with van der Waals surface area (Å²) in [5, 5.41) is 3.83. The van der Waals surface area contributed by atoms with Gasteiger partial charge in [-0.25, -0.2) is 9.78 Å². The average Bonchev–Trinajstić information content (AvgIpc) is 3.37. The molecule has 25 heavy (non-hydrogen) atoms. The monoisotopic (exact) mass is 360 g/mol. The van der Waals surface area contributed by atoms with Crippen LogP contribution in [0.2, 0.25) is 5.02 Å². The van der Waals surface area contributed by atoms with Crippen LogP contribution in [0, 0.1) is 5.92 Å².